The molecule has 0 aliphatic rings. The van der Waals surface area contributed by atoms with E-state index in [4.69, 9.17) is 10.2 Å². The van der Waals surface area contributed by atoms with Crippen LogP contribution in [0.3, 0.4) is 0 Å². The van der Waals surface area contributed by atoms with Gasteiger partial charge in [0.05, 0.1) is 7.11 Å². The standard InChI is InChI=1S/C13H16N2O3/c1-8-15-11-7-9(3-5-12(11)18-8)10(14)4-6-13(16)17-2/h3,5,7,10H,4,6,14H2,1-2H3. The van der Waals surface area contributed by atoms with Crippen molar-refractivity contribution in [2.45, 2.75) is 25.8 Å². The van der Waals surface area contributed by atoms with E-state index in [0.29, 0.717) is 18.7 Å². The van der Waals surface area contributed by atoms with Gasteiger partial charge in [-0.05, 0) is 24.1 Å². The summed E-state index contributed by atoms with van der Waals surface area (Å²) in [6.45, 7) is 1.80. The molecule has 2 rings (SSSR count). The maximum atomic E-state index is 11.1. The molecule has 0 radical (unpaired) electrons. The second-order valence-electron chi connectivity index (χ2n) is 4.18. The number of nitrogens with two attached hydrogens (primary N) is 1. The maximum absolute atomic E-state index is 11.1. The molecule has 5 heteroatoms. The first-order valence-corrected chi connectivity index (χ1v) is 5.79. The van der Waals surface area contributed by atoms with Gasteiger partial charge in [-0.1, -0.05) is 6.07 Å². The average molecular weight is 248 g/mol. The number of hydrogen-bond acceptors (Lipinski definition) is 5. The molecule has 96 valence electrons. The number of nitrogens with zero attached hydrogens (tertiary/aromatic N) is 1. The predicted octanol–water partition coefficient (Wildman–Crippen LogP) is 2.09. The molecule has 0 bridgehead atoms. The minimum atomic E-state index is -0.246. The normalized spacial score (nSPS) is 12.6. The van der Waals surface area contributed by atoms with Gasteiger partial charge < -0.3 is 14.9 Å². The Morgan fingerprint density at radius 3 is 3.06 bits per heavy atom. The van der Waals surface area contributed by atoms with E-state index in [9.17, 15) is 4.79 Å². The van der Waals surface area contributed by atoms with Gasteiger partial charge in [0.25, 0.3) is 0 Å². The van der Waals surface area contributed by atoms with Crippen LogP contribution in [-0.4, -0.2) is 18.1 Å². The van der Waals surface area contributed by atoms with Crippen molar-refractivity contribution in [1.82, 2.24) is 4.98 Å². The van der Waals surface area contributed by atoms with Crippen LogP contribution < -0.4 is 5.73 Å². The van der Waals surface area contributed by atoms with Crippen molar-refractivity contribution in [2.75, 3.05) is 7.11 Å². The smallest absolute Gasteiger partial charge is 0.305 e. The number of fused-ring (bicyclic) bond motifs is 1. The fourth-order valence-electron chi connectivity index (χ4n) is 1.83. The summed E-state index contributed by atoms with van der Waals surface area (Å²) in [6, 6.07) is 5.44. The lowest BCUT2D eigenvalue weighted by Crippen LogP contribution is -2.12. The minimum absolute atomic E-state index is 0.203. The summed E-state index contributed by atoms with van der Waals surface area (Å²) < 4.78 is 9.98. The molecule has 1 aromatic heterocycles. The van der Waals surface area contributed by atoms with Crippen LogP contribution >= 0.6 is 0 Å². The quantitative estimate of drug-likeness (QED) is 0.838. The van der Waals surface area contributed by atoms with Gasteiger partial charge in [0.1, 0.15) is 5.52 Å². The highest BCUT2D eigenvalue weighted by Gasteiger charge is 2.11. The summed E-state index contributed by atoms with van der Waals surface area (Å²) in [5, 5.41) is 0. The number of hydrogen-bond donors (Lipinski definition) is 1. The van der Waals surface area contributed by atoms with Crippen molar-refractivity contribution in [1.29, 1.82) is 0 Å². The molecule has 1 unspecified atom stereocenters. The predicted molar refractivity (Wildman–Crippen MR) is 66.9 cm³/mol. The first-order valence-electron chi connectivity index (χ1n) is 5.79. The lowest BCUT2D eigenvalue weighted by Gasteiger charge is -2.10. The van der Waals surface area contributed by atoms with Crippen molar-refractivity contribution in [3.8, 4) is 0 Å². The first-order chi connectivity index (χ1) is 8.60. The Bertz CT molecular complexity index is 562. The number of carbonyl (C=O) groups excluding carboxylic acids is 1. The molecule has 0 aliphatic heterocycles. The van der Waals surface area contributed by atoms with E-state index in [2.05, 4.69) is 9.72 Å². The topological polar surface area (TPSA) is 78.4 Å². The molecule has 0 fully saturated rings. The molecule has 0 saturated heterocycles. The molecule has 2 N–H and O–H groups in total. The van der Waals surface area contributed by atoms with E-state index in [1.54, 1.807) is 6.92 Å². The van der Waals surface area contributed by atoms with Crippen molar-refractivity contribution in [2.24, 2.45) is 5.73 Å². The Morgan fingerprint density at radius 2 is 2.33 bits per heavy atom. The molecule has 0 saturated carbocycles. The third-order valence-corrected chi connectivity index (χ3v) is 2.83. The summed E-state index contributed by atoms with van der Waals surface area (Å²) in [6.07, 6.45) is 0.864. The van der Waals surface area contributed by atoms with E-state index < -0.39 is 0 Å². The zero-order chi connectivity index (χ0) is 13.1. The summed E-state index contributed by atoms with van der Waals surface area (Å²) in [5.74, 6) is 0.383. The van der Waals surface area contributed by atoms with E-state index in [0.717, 1.165) is 16.7 Å². The lowest BCUT2D eigenvalue weighted by molar-refractivity contribution is -0.140. The van der Waals surface area contributed by atoms with E-state index in [1.807, 2.05) is 18.2 Å². The van der Waals surface area contributed by atoms with Crippen molar-refractivity contribution < 1.29 is 13.9 Å². The Labute approximate surface area is 105 Å². The average Bonchev–Trinajstić information content (AvgIpc) is 2.74. The molecule has 1 heterocycles. The summed E-state index contributed by atoms with van der Waals surface area (Å²) in [5.41, 5.74) is 8.51. The molecule has 0 amide bonds. The summed E-state index contributed by atoms with van der Waals surface area (Å²) in [4.78, 5) is 15.3. The number of rotatable bonds is 4. The molecule has 5 nitrogen and oxygen atoms in total. The fraction of sp³-hybridized carbons (Fsp3) is 0.385. The maximum Gasteiger partial charge on any atom is 0.305 e. The largest absolute Gasteiger partial charge is 0.469 e. The highest BCUT2D eigenvalue weighted by molar-refractivity contribution is 5.73. The Kier molecular flexibility index (Phi) is 3.62. The van der Waals surface area contributed by atoms with E-state index in [-0.39, 0.29) is 12.0 Å². The van der Waals surface area contributed by atoms with Crippen molar-refractivity contribution >= 4 is 17.1 Å². The van der Waals surface area contributed by atoms with Crippen LogP contribution in [0.4, 0.5) is 0 Å². The van der Waals surface area contributed by atoms with Gasteiger partial charge in [-0.3, -0.25) is 4.79 Å². The number of carbonyl (C=O) groups is 1. The molecular weight excluding hydrogens is 232 g/mol. The second kappa shape index (κ2) is 5.18. The van der Waals surface area contributed by atoms with Gasteiger partial charge in [0.15, 0.2) is 11.5 Å². The Morgan fingerprint density at radius 1 is 1.56 bits per heavy atom. The Hall–Kier alpha value is -1.88. The van der Waals surface area contributed by atoms with E-state index in [1.165, 1.54) is 7.11 Å². The molecule has 0 spiro atoms. The number of methoxy groups -OCH3 is 1. The molecular formula is C13H16N2O3. The van der Waals surface area contributed by atoms with Gasteiger partial charge in [0, 0.05) is 19.4 Å². The number of benzene rings is 1. The molecule has 1 aromatic carbocycles. The van der Waals surface area contributed by atoms with Crippen LogP contribution in [0.5, 0.6) is 0 Å². The van der Waals surface area contributed by atoms with Gasteiger partial charge >= 0.3 is 5.97 Å². The first kappa shape index (κ1) is 12.6. The van der Waals surface area contributed by atoms with Gasteiger partial charge in [-0.15, -0.1) is 0 Å². The van der Waals surface area contributed by atoms with Crippen LogP contribution in [0.1, 0.15) is 30.3 Å². The number of oxazole rings is 1. The van der Waals surface area contributed by atoms with Crippen LogP contribution in [0, 0.1) is 6.92 Å². The minimum Gasteiger partial charge on any atom is -0.469 e. The SMILES string of the molecule is COC(=O)CCC(N)c1ccc2oc(C)nc2c1. The van der Waals surface area contributed by atoms with Crippen LogP contribution in [0.2, 0.25) is 0 Å². The highest BCUT2D eigenvalue weighted by atomic mass is 16.5. The summed E-state index contributed by atoms with van der Waals surface area (Å²) in [7, 11) is 1.37. The number of esters is 1. The van der Waals surface area contributed by atoms with Crippen LogP contribution in [0.25, 0.3) is 11.1 Å². The number of aryl methyl sites for hydroxylation is 1. The zero-order valence-corrected chi connectivity index (χ0v) is 10.5. The third kappa shape index (κ3) is 2.68. The number of aromatic nitrogens is 1. The molecule has 18 heavy (non-hydrogen) atoms. The Balaban J connectivity index is 2.12. The van der Waals surface area contributed by atoms with Gasteiger partial charge in [-0.2, -0.15) is 0 Å². The molecule has 1 atom stereocenters. The molecule has 2 aromatic rings. The monoisotopic (exact) mass is 248 g/mol. The zero-order valence-electron chi connectivity index (χ0n) is 10.5. The highest BCUT2D eigenvalue weighted by Crippen LogP contribution is 2.22. The van der Waals surface area contributed by atoms with Gasteiger partial charge in [0.2, 0.25) is 0 Å². The fourth-order valence-corrected chi connectivity index (χ4v) is 1.83. The van der Waals surface area contributed by atoms with Crippen molar-refractivity contribution in [3.63, 3.8) is 0 Å². The van der Waals surface area contributed by atoms with Crippen molar-refractivity contribution in [3.05, 3.63) is 29.7 Å². The van der Waals surface area contributed by atoms with Gasteiger partial charge in [-0.25, -0.2) is 4.98 Å². The number of ether oxygens (including phenoxy) is 1. The summed E-state index contributed by atoms with van der Waals surface area (Å²) >= 11 is 0. The van der Waals surface area contributed by atoms with Crippen LogP contribution in [0.15, 0.2) is 22.6 Å². The second-order valence-corrected chi connectivity index (χ2v) is 4.18. The molecule has 0 aliphatic carbocycles. The third-order valence-electron chi connectivity index (χ3n) is 2.83. The lowest BCUT2D eigenvalue weighted by atomic mass is 10.0. The van der Waals surface area contributed by atoms with E-state index >= 15 is 0 Å². The van der Waals surface area contributed by atoms with Crippen LogP contribution in [-0.2, 0) is 9.53 Å².